The van der Waals surface area contributed by atoms with Crippen molar-refractivity contribution in [3.8, 4) is 11.4 Å². The molecule has 8 nitrogen and oxygen atoms in total. The van der Waals surface area contributed by atoms with Crippen molar-refractivity contribution in [1.29, 1.82) is 0 Å². The van der Waals surface area contributed by atoms with Crippen molar-refractivity contribution in [3.05, 3.63) is 48.1 Å². The smallest absolute Gasteiger partial charge is 0.129 e. The molecular weight excluding hydrogens is 376 g/mol. The lowest BCUT2D eigenvalue weighted by atomic mass is 10.1. The standard InChI is InChI=1S/C22H26N8/c1-15(13-23-3)26-16(2)19-12-17-20(14-25-19)28-29-22(17)18-6-4-7-21(27-18)30-10-5-8-24-9-11-30/h4,6-7,12-14,24H,3,5,8-11H2,1-2H3,(H,28,29)/b15-13-,26-16+. The highest BCUT2D eigenvalue weighted by atomic mass is 15.2. The summed E-state index contributed by atoms with van der Waals surface area (Å²) in [7, 11) is 0. The van der Waals surface area contributed by atoms with Gasteiger partial charge < -0.3 is 10.2 Å². The summed E-state index contributed by atoms with van der Waals surface area (Å²) in [6, 6.07) is 8.11. The van der Waals surface area contributed by atoms with Crippen LogP contribution in [0.4, 0.5) is 5.82 Å². The number of pyridine rings is 2. The number of aromatic nitrogens is 4. The van der Waals surface area contributed by atoms with Crippen LogP contribution in [0, 0.1) is 0 Å². The van der Waals surface area contributed by atoms with E-state index >= 15 is 0 Å². The average molecular weight is 403 g/mol. The number of aliphatic imine (C=N–C) groups is 2. The van der Waals surface area contributed by atoms with Crippen molar-refractivity contribution >= 4 is 29.1 Å². The van der Waals surface area contributed by atoms with Gasteiger partial charge in [0.2, 0.25) is 0 Å². The maximum Gasteiger partial charge on any atom is 0.129 e. The lowest BCUT2D eigenvalue weighted by molar-refractivity contribution is 0.724. The Morgan fingerprint density at radius 3 is 3.00 bits per heavy atom. The highest BCUT2D eigenvalue weighted by Crippen LogP contribution is 2.27. The first-order valence-electron chi connectivity index (χ1n) is 10.1. The number of rotatable bonds is 5. The van der Waals surface area contributed by atoms with Gasteiger partial charge in [0.25, 0.3) is 0 Å². The van der Waals surface area contributed by atoms with Gasteiger partial charge in [-0.25, -0.2) is 4.98 Å². The number of nitrogens with one attached hydrogen (secondary N) is 2. The molecule has 1 aliphatic rings. The second-order valence-electron chi connectivity index (χ2n) is 7.31. The predicted octanol–water partition coefficient (Wildman–Crippen LogP) is 3.19. The first-order chi connectivity index (χ1) is 14.7. The Bertz CT molecular complexity index is 1100. The van der Waals surface area contributed by atoms with E-state index in [1.165, 1.54) is 0 Å². The van der Waals surface area contributed by atoms with Gasteiger partial charge >= 0.3 is 0 Å². The number of aromatic amines is 1. The molecule has 2 N–H and O–H groups in total. The SMILES string of the molecule is C=N/C=C(C)\N=C(/C)c1cc2c(-c3cccc(N4CCCNCC4)n3)n[nH]c2cn1. The minimum absolute atomic E-state index is 0.776. The summed E-state index contributed by atoms with van der Waals surface area (Å²) >= 11 is 0. The molecule has 0 saturated carbocycles. The number of H-pyrrole nitrogens is 1. The molecule has 154 valence electrons. The number of allylic oxidation sites excluding steroid dienone is 1. The van der Waals surface area contributed by atoms with Crippen molar-refractivity contribution in [2.45, 2.75) is 20.3 Å². The van der Waals surface area contributed by atoms with Gasteiger partial charge in [0.05, 0.1) is 34.5 Å². The van der Waals surface area contributed by atoms with E-state index in [1.54, 1.807) is 12.4 Å². The van der Waals surface area contributed by atoms with Crippen LogP contribution < -0.4 is 10.2 Å². The van der Waals surface area contributed by atoms with Crippen LogP contribution >= 0.6 is 0 Å². The molecule has 1 fully saturated rings. The van der Waals surface area contributed by atoms with Crippen LogP contribution in [0.3, 0.4) is 0 Å². The predicted molar refractivity (Wildman–Crippen MR) is 122 cm³/mol. The molecule has 4 heterocycles. The molecule has 0 aliphatic carbocycles. The van der Waals surface area contributed by atoms with E-state index in [0.717, 1.165) is 77.8 Å². The zero-order valence-electron chi connectivity index (χ0n) is 17.4. The monoisotopic (exact) mass is 402 g/mol. The molecule has 30 heavy (non-hydrogen) atoms. The minimum atomic E-state index is 0.776. The second kappa shape index (κ2) is 8.96. The van der Waals surface area contributed by atoms with Crippen LogP contribution in [0.2, 0.25) is 0 Å². The van der Waals surface area contributed by atoms with Crippen molar-refractivity contribution in [2.24, 2.45) is 9.98 Å². The normalized spacial score (nSPS) is 16.0. The number of nitrogens with zero attached hydrogens (tertiary/aromatic N) is 6. The lowest BCUT2D eigenvalue weighted by Crippen LogP contribution is -2.28. The molecule has 0 bridgehead atoms. The third-order valence-corrected chi connectivity index (χ3v) is 5.08. The zero-order chi connectivity index (χ0) is 20.9. The quantitative estimate of drug-likeness (QED) is 0.639. The van der Waals surface area contributed by atoms with Gasteiger partial charge in [0, 0.05) is 31.2 Å². The van der Waals surface area contributed by atoms with Crippen molar-refractivity contribution < 1.29 is 0 Å². The van der Waals surface area contributed by atoms with E-state index in [9.17, 15) is 0 Å². The highest BCUT2D eigenvalue weighted by Gasteiger charge is 2.15. The van der Waals surface area contributed by atoms with E-state index in [4.69, 9.17) is 4.98 Å². The summed E-state index contributed by atoms with van der Waals surface area (Å²) in [5.41, 5.74) is 4.90. The van der Waals surface area contributed by atoms with Gasteiger partial charge in [-0.15, -0.1) is 0 Å². The Hall–Kier alpha value is -3.39. The maximum atomic E-state index is 4.91. The molecule has 3 aromatic rings. The van der Waals surface area contributed by atoms with Crippen molar-refractivity contribution in [1.82, 2.24) is 25.5 Å². The number of hydrogen-bond acceptors (Lipinski definition) is 7. The Balaban J connectivity index is 1.70. The Labute approximate surface area is 175 Å². The molecule has 4 rings (SSSR count). The van der Waals surface area contributed by atoms with E-state index < -0.39 is 0 Å². The number of fused-ring (bicyclic) bond motifs is 1. The minimum Gasteiger partial charge on any atom is -0.355 e. The van der Waals surface area contributed by atoms with Crippen molar-refractivity contribution in [3.63, 3.8) is 0 Å². The number of hydrogen-bond donors (Lipinski definition) is 2. The molecule has 1 saturated heterocycles. The summed E-state index contributed by atoms with van der Waals surface area (Å²) < 4.78 is 0. The summed E-state index contributed by atoms with van der Waals surface area (Å²) in [6.45, 7) is 11.3. The molecule has 0 unspecified atom stereocenters. The fourth-order valence-corrected chi connectivity index (χ4v) is 3.60. The molecule has 8 heteroatoms. The Morgan fingerprint density at radius 2 is 2.13 bits per heavy atom. The lowest BCUT2D eigenvalue weighted by Gasteiger charge is -2.21. The van der Waals surface area contributed by atoms with Crippen LogP contribution in [0.25, 0.3) is 22.3 Å². The van der Waals surface area contributed by atoms with E-state index in [-0.39, 0.29) is 0 Å². The number of anilines is 1. The molecule has 1 aliphatic heterocycles. The molecule has 0 atom stereocenters. The van der Waals surface area contributed by atoms with E-state index in [2.05, 4.69) is 48.2 Å². The van der Waals surface area contributed by atoms with Crippen LogP contribution in [0.5, 0.6) is 0 Å². The molecule has 0 spiro atoms. The van der Waals surface area contributed by atoms with Gasteiger partial charge in [-0.3, -0.25) is 20.1 Å². The third-order valence-electron chi connectivity index (χ3n) is 5.08. The molecule has 3 aromatic heterocycles. The van der Waals surface area contributed by atoms with Crippen LogP contribution in [-0.2, 0) is 0 Å². The van der Waals surface area contributed by atoms with Gasteiger partial charge in [-0.05, 0) is 51.7 Å². The van der Waals surface area contributed by atoms with Crippen molar-refractivity contribution in [2.75, 3.05) is 31.1 Å². The second-order valence-corrected chi connectivity index (χ2v) is 7.31. The van der Waals surface area contributed by atoms with Gasteiger partial charge in [0.15, 0.2) is 0 Å². The first kappa shape index (κ1) is 19.9. The summed E-state index contributed by atoms with van der Waals surface area (Å²) in [5.74, 6) is 0.983. The Morgan fingerprint density at radius 1 is 1.23 bits per heavy atom. The van der Waals surface area contributed by atoms with E-state index in [0.29, 0.717) is 0 Å². The van der Waals surface area contributed by atoms with Crippen LogP contribution in [-0.4, -0.2) is 58.8 Å². The molecule has 0 aromatic carbocycles. The van der Waals surface area contributed by atoms with Crippen LogP contribution in [0.1, 0.15) is 26.0 Å². The Kier molecular flexibility index (Phi) is 5.94. The molecule has 0 amide bonds. The maximum absolute atomic E-state index is 4.91. The largest absolute Gasteiger partial charge is 0.355 e. The van der Waals surface area contributed by atoms with Gasteiger partial charge in [-0.1, -0.05) is 6.07 Å². The topological polar surface area (TPSA) is 94.5 Å². The summed E-state index contributed by atoms with van der Waals surface area (Å²) in [6.07, 6.45) is 4.52. The first-order valence-corrected chi connectivity index (χ1v) is 10.1. The molecular formula is C22H26N8. The summed E-state index contributed by atoms with van der Waals surface area (Å²) in [5, 5.41) is 12.0. The fourth-order valence-electron chi connectivity index (χ4n) is 3.60. The van der Waals surface area contributed by atoms with Gasteiger partial charge in [-0.2, -0.15) is 5.10 Å². The average Bonchev–Trinajstić information content (AvgIpc) is 2.98. The fraction of sp³-hybridized carbons (Fsp3) is 0.318. The molecule has 0 radical (unpaired) electrons. The van der Waals surface area contributed by atoms with Crippen LogP contribution in [0.15, 0.2) is 52.3 Å². The van der Waals surface area contributed by atoms with Gasteiger partial charge in [0.1, 0.15) is 11.5 Å². The zero-order valence-corrected chi connectivity index (χ0v) is 17.4. The van der Waals surface area contributed by atoms with E-state index in [1.807, 2.05) is 32.0 Å². The summed E-state index contributed by atoms with van der Waals surface area (Å²) in [4.78, 5) is 20.1. The third kappa shape index (κ3) is 4.28. The highest BCUT2D eigenvalue weighted by molar-refractivity contribution is 6.02.